The molecule has 0 saturated carbocycles. The number of hydrogen-bond donors (Lipinski definition) is 0. The van der Waals surface area contributed by atoms with Crippen LogP contribution in [0.5, 0.6) is 5.75 Å². The summed E-state index contributed by atoms with van der Waals surface area (Å²) in [6.45, 7) is 2.03. The molecule has 0 amide bonds. The van der Waals surface area contributed by atoms with Crippen molar-refractivity contribution in [2.45, 2.75) is 61.2 Å². The first kappa shape index (κ1) is 23.5. The van der Waals surface area contributed by atoms with Crippen molar-refractivity contribution >= 4 is 30.8 Å². The average Bonchev–Trinajstić information content (AvgIpc) is 3.24. The van der Waals surface area contributed by atoms with Gasteiger partial charge in [-0.15, -0.1) is 0 Å². The van der Waals surface area contributed by atoms with E-state index in [0.717, 1.165) is 51.4 Å². The molecule has 176 valence electrons. The molecule has 0 spiro atoms. The first-order valence-corrected chi connectivity index (χ1v) is 14.3. The molecule has 0 unspecified atom stereocenters. The normalized spacial score (nSPS) is 20.0. The van der Waals surface area contributed by atoms with E-state index in [1.165, 1.54) is 13.2 Å². The van der Waals surface area contributed by atoms with E-state index in [-0.39, 0.29) is 15.5 Å². The molecule has 0 bridgehead atoms. The highest BCUT2D eigenvalue weighted by Gasteiger charge is 2.31. The van der Waals surface area contributed by atoms with Crippen LogP contribution in [0.1, 0.15) is 51.4 Å². The highest BCUT2D eigenvalue weighted by molar-refractivity contribution is 7.89. The van der Waals surface area contributed by atoms with Gasteiger partial charge in [-0.25, -0.2) is 16.8 Å². The van der Waals surface area contributed by atoms with Crippen molar-refractivity contribution < 1.29 is 21.6 Å². The number of benzene rings is 2. The van der Waals surface area contributed by atoms with Gasteiger partial charge in [0.15, 0.2) is 0 Å². The third-order valence-electron chi connectivity index (χ3n) is 6.49. The molecule has 32 heavy (non-hydrogen) atoms. The molecule has 0 aromatic heterocycles. The number of hydrogen-bond acceptors (Lipinski definition) is 5. The number of rotatable bonds is 5. The van der Waals surface area contributed by atoms with Gasteiger partial charge in [-0.1, -0.05) is 37.8 Å². The van der Waals surface area contributed by atoms with Crippen LogP contribution in [-0.4, -0.2) is 58.7 Å². The maximum Gasteiger partial charge on any atom is 0.247 e. The lowest BCUT2D eigenvalue weighted by atomic mass is 10.1. The van der Waals surface area contributed by atoms with E-state index >= 15 is 0 Å². The zero-order chi connectivity index (χ0) is 22.8. The zero-order valence-corrected chi connectivity index (χ0v) is 20.3. The molecule has 0 atom stereocenters. The van der Waals surface area contributed by atoms with Crippen LogP contribution < -0.4 is 4.74 Å². The lowest BCUT2D eigenvalue weighted by molar-refractivity contribution is 0.393. The summed E-state index contributed by atoms with van der Waals surface area (Å²) < 4.78 is 62.3. The van der Waals surface area contributed by atoms with Crippen LogP contribution in [0.3, 0.4) is 0 Å². The predicted molar refractivity (Wildman–Crippen MR) is 125 cm³/mol. The Labute approximate surface area is 191 Å². The largest absolute Gasteiger partial charge is 0.495 e. The molecule has 2 saturated heterocycles. The maximum atomic E-state index is 13.6. The van der Waals surface area contributed by atoms with Crippen LogP contribution in [0, 0.1) is 0 Å². The Morgan fingerprint density at radius 1 is 0.688 bits per heavy atom. The molecular formula is C23H32N2O5S2. The van der Waals surface area contributed by atoms with E-state index in [1.54, 1.807) is 32.9 Å². The van der Waals surface area contributed by atoms with Crippen molar-refractivity contribution in [2.24, 2.45) is 0 Å². The molecule has 2 aliphatic rings. The van der Waals surface area contributed by atoms with Crippen molar-refractivity contribution in [3.8, 4) is 5.75 Å². The lowest BCUT2D eigenvalue weighted by Gasteiger charge is -2.23. The van der Waals surface area contributed by atoms with Crippen LogP contribution in [0.15, 0.2) is 40.1 Å². The van der Waals surface area contributed by atoms with Gasteiger partial charge in [0.1, 0.15) is 10.6 Å². The Morgan fingerprint density at radius 3 is 1.75 bits per heavy atom. The average molecular weight is 481 g/mol. The second-order valence-corrected chi connectivity index (χ2v) is 12.4. The van der Waals surface area contributed by atoms with E-state index < -0.39 is 20.0 Å². The minimum absolute atomic E-state index is 0.123. The molecule has 2 heterocycles. The third-order valence-corrected chi connectivity index (χ3v) is 10.4. The predicted octanol–water partition coefficient (Wildman–Crippen LogP) is 3.98. The SMILES string of the molecule is COc1ccc2cc(S(=O)(=O)N3CCCCCC3)ccc2c1S(=O)(=O)N1CCCCCC1. The summed E-state index contributed by atoms with van der Waals surface area (Å²) in [5.41, 5.74) is 0. The van der Waals surface area contributed by atoms with Crippen molar-refractivity contribution in [3.05, 3.63) is 30.3 Å². The molecule has 2 aliphatic heterocycles. The first-order valence-electron chi connectivity index (χ1n) is 11.5. The van der Waals surface area contributed by atoms with Gasteiger partial charge in [-0.05, 0) is 49.3 Å². The van der Waals surface area contributed by atoms with Crippen molar-refractivity contribution in [3.63, 3.8) is 0 Å². The summed E-state index contributed by atoms with van der Waals surface area (Å²) in [4.78, 5) is 0.327. The number of fused-ring (bicyclic) bond motifs is 1. The summed E-state index contributed by atoms with van der Waals surface area (Å²) in [7, 11) is -5.94. The Morgan fingerprint density at radius 2 is 1.22 bits per heavy atom. The molecular weight excluding hydrogens is 448 g/mol. The second-order valence-electron chi connectivity index (χ2n) is 8.62. The van der Waals surface area contributed by atoms with Gasteiger partial charge >= 0.3 is 0 Å². The maximum absolute atomic E-state index is 13.6. The third kappa shape index (κ3) is 4.53. The highest BCUT2D eigenvalue weighted by atomic mass is 32.2. The summed E-state index contributed by atoms with van der Waals surface area (Å²) in [6, 6.07) is 8.10. The summed E-state index contributed by atoms with van der Waals surface area (Å²) in [6.07, 6.45) is 7.54. The van der Waals surface area contributed by atoms with Gasteiger partial charge in [0.2, 0.25) is 20.0 Å². The molecule has 2 fully saturated rings. The van der Waals surface area contributed by atoms with Crippen molar-refractivity contribution in [1.82, 2.24) is 8.61 Å². The number of nitrogens with zero attached hydrogens (tertiary/aromatic N) is 2. The molecule has 7 nitrogen and oxygen atoms in total. The van der Waals surface area contributed by atoms with Crippen LogP contribution in [0.4, 0.5) is 0 Å². The lowest BCUT2D eigenvalue weighted by Crippen LogP contribution is -2.32. The van der Waals surface area contributed by atoms with Gasteiger partial charge in [-0.3, -0.25) is 0 Å². The van der Waals surface area contributed by atoms with Crippen molar-refractivity contribution in [2.75, 3.05) is 33.3 Å². The van der Waals surface area contributed by atoms with E-state index in [9.17, 15) is 16.8 Å². The van der Waals surface area contributed by atoms with Gasteiger partial charge in [0.05, 0.1) is 12.0 Å². The minimum atomic E-state index is -3.78. The monoisotopic (exact) mass is 480 g/mol. The van der Waals surface area contributed by atoms with Crippen LogP contribution in [0.25, 0.3) is 10.8 Å². The first-order chi connectivity index (χ1) is 15.4. The molecule has 4 rings (SSSR count). The van der Waals surface area contributed by atoms with E-state index in [2.05, 4.69) is 0 Å². The minimum Gasteiger partial charge on any atom is -0.495 e. The number of sulfonamides is 2. The Bertz CT molecular complexity index is 1160. The van der Waals surface area contributed by atoms with Crippen LogP contribution >= 0.6 is 0 Å². The van der Waals surface area contributed by atoms with Gasteiger partial charge in [-0.2, -0.15) is 8.61 Å². The molecule has 2 aromatic carbocycles. The molecule has 0 radical (unpaired) electrons. The summed E-state index contributed by atoms with van der Waals surface area (Å²) >= 11 is 0. The van der Waals surface area contributed by atoms with Crippen molar-refractivity contribution in [1.29, 1.82) is 0 Å². The Kier molecular flexibility index (Phi) is 7.09. The molecule has 0 aliphatic carbocycles. The fraction of sp³-hybridized carbons (Fsp3) is 0.565. The number of methoxy groups -OCH3 is 1. The Hall–Kier alpha value is -1.68. The van der Waals surface area contributed by atoms with Gasteiger partial charge < -0.3 is 4.74 Å². The second kappa shape index (κ2) is 9.67. The molecule has 2 aromatic rings. The van der Waals surface area contributed by atoms with Gasteiger partial charge in [0, 0.05) is 31.6 Å². The topological polar surface area (TPSA) is 84.0 Å². The highest BCUT2D eigenvalue weighted by Crippen LogP contribution is 2.36. The van der Waals surface area contributed by atoms with Gasteiger partial charge in [0.25, 0.3) is 0 Å². The molecule has 0 N–H and O–H groups in total. The number of ether oxygens (including phenoxy) is 1. The fourth-order valence-corrected chi connectivity index (χ4v) is 8.11. The van der Waals surface area contributed by atoms with Crippen LogP contribution in [-0.2, 0) is 20.0 Å². The van der Waals surface area contributed by atoms with E-state index in [0.29, 0.717) is 37.0 Å². The van der Waals surface area contributed by atoms with E-state index in [4.69, 9.17) is 4.74 Å². The van der Waals surface area contributed by atoms with E-state index in [1.807, 2.05) is 0 Å². The standard InChI is InChI=1S/C23H32N2O5S2/c1-30-22-13-10-19-18-20(31(26,27)24-14-6-2-3-7-15-24)11-12-21(19)23(22)32(28,29)25-16-8-4-5-9-17-25/h10-13,18H,2-9,14-17H2,1H3. The quantitative estimate of drug-likeness (QED) is 0.646. The summed E-state index contributed by atoms with van der Waals surface area (Å²) in [5, 5.41) is 1.07. The van der Waals surface area contributed by atoms with Crippen LogP contribution in [0.2, 0.25) is 0 Å². The molecule has 9 heteroatoms. The fourth-order valence-electron chi connectivity index (χ4n) is 4.69. The smallest absolute Gasteiger partial charge is 0.247 e. The Balaban J connectivity index is 1.79. The summed E-state index contributed by atoms with van der Waals surface area (Å²) in [5.74, 6) is 0.282. The zero-order valence-electron chi connectivity index (χ0n) is 18.6.